The highest BCUT2D eigenvalue weighted by Gasteiger charge is 2.56. The Bertz CT molecular complexity index is 648. The molecule has 0 aliphatic carbocycles. The summed E-state index contributed by atoms with van der Waals surface area (Å²) in [5.41, 5.74) is -0.615. The molecular formula is C17H16O3S. The van der Waals surface area contributed by atoms with Crippen LogP contribution in [0.1, 0.15) is 35.0 Å². The molecule has 1 aliphatic heterocycles. The SMILES string of the molecule is CC[C@H]1C[C@@](C(=O)c2ccccc2)(c2cccs2)C(=O)O1. The molecule has 1 saturated heterocycles. The van der Waals surface area contributed by atoms with Gasteiger partial charge in [0.25, 0.3) is 0 Å². The second kappa shape index (κ2) is 5.45. The van der Waals surface area contributed by atoms with Gasteiger partial charge >= 0.3 is 5.97 Å². The molecule has 3 nitrogen and oxygen atoms in total. The van der Waals surface area contributed by atoms with Crippen molar-refractivity contribution in [3.8, 4) is 0 Å². The van der Waals surface area contributed by atoms with Crippen LogP contribution in [-0.4, -0.2) is 17.9 Å². The largest absolute Gasteiger partial charge is 0.461 e. The Morgan fingerprint density at radius 1 is 1.29 bits per heavy atom. The standard InChI is InChI=1S/C17H16O3S/c1-2-13-11-17(16(19)20-13,14-9-6-10-21-14)15(18)12-7-4-3-5-8-12/h3-10,13H,2,11H2,1H3/t13-,17-/m0/s1. The number of Topliss-reactive ketones (excluding diaryl/α,β-unsaturated/α-hetero) is 1. The zero-order valence-corrected chi connectivity index (χ0v) is 12.6. The molecule has 0 spiro atoms. The first-order chi connectivity index (χ1) is 10.2. The summed E-state index contributed by atoms with van der Waals surface area (Å²) in [6.07, 6.45) is 0.963. The molecule has 3 rings (SSSR count). The van der Waals surface area contributed by atoms with Gasteiger partial charge < -0.3 is 4.74 Å². The van der Waals surface area contributed by atoms with Crippen LogP contribution in [0.4, 0.5) is 0 Å². The molecule has 0 bridgehead atoms. The quantitative estimate of drug-likeness (QED) is 0.492. The Hall–Kier alpha value is -1.94. The molecule has 0 radical (unpaired) electrons. The molecule has 4 heteroatoms. The van der Waals surface area contributed by atoms with E-state index in [0.717, 1.165) is 11.3 Å². The molecule has 2 heterocycles. The van der Waals surface area contributed by atoms with E-state index in [1.54, 1.807) is 12.1 Å². The lowest BCUT2D eigenvalue weighted by Crippen LogP contribution is -2.39. The van der Waals surface area contributed by atoms with E-state index in [1.807, 2.05) is 42.6 Å². The fraction of sp³-hybridized carbons (Fsp3) is 0.294. The van der Waals surface area contributed by atoms with Gasteiger partial charge in [-0.25, -0.2) is 0 Å². The van der Waals surface area contributed by atoms with Crippen LogP contribution in [0.2, 0.25) is 0 Å². The summed E-state index contributed by atoms with van der Waals surface area (Å²) in [5, 5.41) is 1.89. The number of ether oxygens (including phenoxy) is 1. The van der Waals surface area contributed by atoms with Crippen LogP contribution in [0.3, 0.4) is 0 Å². The minimum Gasteiger partial charge on any atom is -0.461 e. The number of ketones is 1. The van der Waals surface area contributed by atoms with Gasteiger partial charge in [-0.1, -0.05) is 43.3 Å². The maximum atomic E-state index is 13.0. The van der Waals surface area contributed by atoms with Crippen LogP contribution in [0, 0.1) is 0 Å². The van der Waals surface area contributed by atoms with Gasteiger partial charge in [-0.05, 0) is 17.9 Å². The lowest BCUT2D eigenvalue weighted by atomic mass is 9.76. The summed E-state index contributed by atoms with van der Waals surface area (Å²) < 4.78 is 5.44. The van der Waals surface area contributed by atoms with Crippen LogP contribution in [-0.2, 0) is 14.9 Å². The second-order valence-electron chi connectivity index (χ2n) is 5.22. The first-order valence-electron chi connectivity index (χ1n) is 7.03. The number of hydrogen-bond acceptors (Lipinski definition) is 4. The van der Waals surface area contributed by atoms with Gasteiger partial charge in [0.2, 0.25) is 0 Å². The zero-order chi connectivity index (χ0) is 14.9. The first kappa shape index (κ1) is 14.0. The van der Waals surface area contributed by atoms with Crippen molar-refractivity contribution in [2.24, 2.45) is 0 Å². The van der Waals surface area contributed by atoms with Crippen molar-refractivity contribution in [3.63, 3.8) is 0 Å². The highest BCUT2D eigenvalue weighted by Crippen LogP contribution is 2.43. The fourth-order valence-corrected chi connectivity index (χ4v) is 3.72. The number of hydrogen-bond donors (Lipinski definition) is 0. The minimum atomic E-state index is -1.17. The van der Waals surface area contributed by atoms with Crippen LogP contribution < -0.4 is 0 Å². The first-order valence-corrected chi connectivity index (χ1v) is 7.91. The number of esters is 1. The number of cyclic esters (lactones) is 1. The molecule has 1 aromatic heterocycles. The molecule has 1 fully saturated rings. The van der Waals surface area contributed by atoms with E-state index in [0.29, 0.717) is 12.0 Å². The second-order valence-corrected chi connectivity index (χ2v) is 6.17. The smallest absolute Gasteiger partial charge is 0.325 e. The average molecular weight is 300 g/mol. The van der Waals surface area contributed by atoms with Gasteiger partial charge in [0.05, 0.1) is 0 Å². The summed E-state index contributed by atoms with van der Waals surface area (Å²) in [6, 6.07) is 12.7. The molecule has 0 amide bonds. The molecule has 108 valence electrons. The van der Waals surface area contributed by atoms with E-state index in [1.165, 1.54) is 11.3 Å². The predicted molar refractivity (Wildman–Crippen MR) is 81.6 cm³/mol. The molecule has 0 N–H and O–H groups in total. The van der Waals surface area contributed by atoms with Crippen LogP contribution in [0.25, 0.3) is 0 Å². The summed E-state index contributed by atoms with van der Waals surface area (Å²) in [5.74, 6) is -0.572. The van der Waals surface area contributed by atoms with E-state index >= 15 is 0 Å². The third-order valence-corrected chi connectivity index (χ3v) is 5.01. The Morgan fingerprint density at radius 3 is 2.62 bits per heavy atom. The maximum absolute atomic E-state index is 13.0. The van der Waals surface area contributed by atoms with Gasteiger partial charge in [0, 0.05) is 16.9 Å². The van der Waals surface area contributed by atoms with Crippen molar-refractivity contribution >= 4 is 23.1 Å². The van der Waals surface area contributed by atoms with Crippen LogP contribution in [0.15, 0.2) is 47.8 Å². The monoisotopic (exact) mass is 300 g/mol. The van der Waals surface area contributed by atoms with E-state index in [2.05, 4.69) is 0 Å². The van der Waals surface area contributed by atoms with Crippen molar-refractivity contribution in [1.82, 2.24) is 0 Å². The number of carbonyl (C=O) groups excluding carboxylic acids is 2. The molecule has 1 aromatic carbocycles. The Morgan fingerprint density at radius 2 is 2.05 bits per heavy atom. The molecule has 0 saturated carbocycles. The number of thiophene rings is 1. The number of rotatable bonds is 4. The van der Waals surface area contributed by atoms with E-state index < -0.39 is 11.4 Å². The van der Waals surface area contributed by atoms with Gasteiger partial charge in [-0.3, -0.25) is 9.59 Å². The topological polar surface area (TPSA) is 43.4 Å². The summed E-state index contributed by atoms with van der Waals surface area (Å²) in [4.78, 5) is 26.4. The summed E-state index contributed by atoms with van der Waals surface area (Å²) in [6.45, 7) is 1.97. The minimum absolute atomic E-state index is 0.161. The van der Waals surface area contributed by atoms with E-state index in [-0.39, 0.29) is 11.9 Å². The van der Waals surface area contributed by atoms with E-state index in [9.17, 15) is 9.59 Å². The summed E-state index contributed by atoms with van der Waals surface area (Å²) >= 11 is 1.44. The molecule has 2 atom stereocenters. The fourth-order valence-electron chi connectivity index (χ4n) is 2.80. The third kappa shape index (κ3) is 2.20. The normalized spacial score (nSPS) is 24.8. The predicted octanol–water partition coefficient (Wildman–Crippen LogP) is 3.59. The van der Waals surface area contributed by atoms with Gasteiger partial charge in [-0.15, -0.1) is 11.3 Å². The van der Waals surface area contributed by atoms with Gasteiger partial charge in [0.1, 0.15) is 6.10 Å². The highest BCUT2D eigenvalue weighted by molar-refractivity contribution is 7.10. The maximum Gasteiger partial charge on any atom is 0.325 e. The number of carbonyl (C=O) groups is 2. The lowest BCUT2D eigenvalue weighted by molar-refractivity contribution is -0.144. The van der Waals surface area contributed by atoms with Crippen molar-refractivity contribution < 1.29 is 14.3 Å². The lowest BCUT2D eigenvalue weighted by Gasteiger charge is -2.22. The van der Waals surface area contributed by atoms with Crippen molar-refractivity contribution in [3.05, 3.63) is 58.3 Å². The Balaban J connectivity index is 2.10. The van der Waals surface area contributed by atoms with Gasteiger partial charge in [0.15, 0.2) is 11.2 Å². The van der Waals surface area contributed by atoms with Gasteiger partial charge in [-0.2, -0.15) is 0 Å². The highest BCUT2D eigenvalue weighted by atomic mass is 32.1. The third-order valence-electron chi connectivity index (χ3n) is 3.98. The number of benzene rings is 1. The zero-order valence-electron chi connectivity index (χ0n) is 11.7. The van der Waals surface area contributed by atoms with Crippen LogP contribution in [0.5, 0.6) is 0 Å². The van der Waals surface area contributed by atoms with Crippen molar-refractivity contribution in [1.29, 1.82) is 0 Å². The molecule has 2 aromatic rings. The summed E-state index contributed by atoms with van der Waals surface area (Å²) in [7, 11) is 0. The van der Waals surface area contributed by atoms with E-state index in [4.69, 9.17) is 4.74 Å². The average Bonchev–Trinajstić information content (AvgIpc) is 3.15. The van der Waals surface area contributed by atoms with Crippen LogP contribution >= 0.6 is 11.3 Å². The molecular weight excluding hydrogens is 284 g/mol. The molecule has 1 aliphatic rings. The van der Waals surface area contributed by atoms with Crippen molar-refractivity contribution in [2.45, 2.75) is 31.3 Å². The molecule has 0 unspecified atom stereocenters. The van der Waals surface area contributed by atoms with Crippen molar-refractivity contribution in [2.75, 3.05) is 0 Å². The molecule has 21 heavy (non-hydrogen) atoms. The Labute approximate surface area is 127 Å². The Kier molecular flexibility index (Phi) is 3.64.